The van der Waals surface area contributed by atoms with Crippen molar-refractivity contribution in [2.45, 2.75) is 19.1 Å². The highest BCUT2D eigenvalue weighted by atomic mass is 35.5. The van der Waals surface area contributed by atoms with E-state index in [-0.39, 0.29) is 6.04 Å². The molecule has 14 heavy (non-hydrogen) atoms. The minimum absolute atomic E-state index is 0.299. The van der Waals surface area contributed by atoms with Crippen LogP contribution < -0.4 is 11.1 Å². The number of halogens is 1. The van der Waals surface area contributed by atoms with E-state index in [2.05, 4.69) is 10.3 Å². The molecule has 0 amide bonds. The zero-order valence-electron chi connectivity index (χ0n) is 7.94. The van der Waals surface area contributed by atoms with E-state index in [9.17, 15) is 0 Å². The summed E-state index contributed by atoms with van der Waals surface area (Å²) < 4.78 is 0. The predicted octanol–water partition coefficient (Wildman–Crippen LogP) is 0.855. The molecule has 78 valence electrons. The van der Waals surface area contributed by atoms with Crippen molar-refractivity contribution >= 4 is 17.4 Å². The van der Waals surface area contributed by atoms with Crippen LogP contribution in [0.5, 0.6) is 0 Å². The molecule has 0 aliphatic rings. The SMILES string of the molecule is CC(O)C(N)CNc1ccc(Cl)cn1. The Labute approximate surface area is 88.1 Å². The van der Waals surface area contributed by atoms with E-state index >= 15 is 0 Å². The van der Waals surface area contributed by atoms with Crippen molar-refractivity contribution in [3.63, 3.8) is 0 Å². The van der Waals surface area contributed by atoms with Crippen molar-refractivity contribution < 1.29 is 5.11 Å². The van der Waals surface area contributed by atoms with Gasteiger partial charge in [0, 0.05) is 18.8 Å². The third-order valence-corrected chi connectivity index (χ3v) is 2.09. The quantitative estimate of drug-likeness (QED) is 0.697. The van der Waals surface area contributed by atoms with Gasteiger partial charge in [-0.05, 0) is 19.1 Å². The van der Waals surface area contributed by atoms with Gasteiger partial charge in [0.1, 0.15) is 5.82 Å². The predicted molar refractivity (Wildman–Crippen MR) is 57.4 cm³/mol. The lowest BCUT2D eigenvalue weighted by atomic mass is 10.2. The summed E-state index contributed by atoms with van der Waals surface area (Å²) >= 11 is 5.67. The smallest absolute Gasteiger partial charge is 0.126 e. The maximum absolute atomic E-state index is 9.14. The third-order valence-electron chi connectivity index (χ3n) is 1.87. The molecule has 2 atom stereocenters. The van der Waals surface area contributed by atoms with Gasteiger partial charge in [-0.1, -0.05) is 11.6 Å². The average molecular weight is 216 g/mol. The summed E-state index contributed by atoms with van der Waals surface area (Å²) in [5, 5.41) is 12.7. The third kappa shape index (κ3) is 3.49. The molecule has 1 rings (SSSR count). The fourth-order valence-electron chi connectivity index (χ4n) is 0.873. The van der Waals surface area contributed by atoms with Crippen molar-refractivity contribution in [1.29, 1.82) is 0 Å². The van der Waals surface area contributed by atoms with Crippen molar-refractivity contribution in [3.8, 4) is 0 Å². The second-order valence-electron chi connectivity index (χ2n) is 3.15. The van der Waals surface area contributed by atoms with E-state index in [1.54, 1.807) is 25.3 Å². The Morgan fingerprint density at radius 1 is 1.64 bits per heavy atom. The minimum atomic E-state index is -0.533. The fraction of sp³-hybridized carbons (Fsp3) is 0.444. The molecular formula is C9H14ClN3O. The standard InChI is InChI=1S/C9H14ClN3O/c1-6(14)8(11)5-13-9-3-2-7(10)4-12-9/h2-4,6,8,14H,5,11H2,1H3,(H,12,13). The van der Waals surface area contributed by atoms with Gasteiger partial charge < -0.3 is 16.2 Å². The summed E-state index contributed by atoms with van der Waals surface area (Å²) in [6.45, 7) is 2.13. The minimum Gasteiger partial charge on any atom is -0.392 e. The van der Waals surface area contributed by atoms with Gasteiger partial charge in [-0.15, -0.1) is 0 Å². The number of hydrogen-bond donors (Lipinski definition) is 3. The monoisotopic (exact) mass is 215 g/mol. The van der Waals surface area contributed by atoms with Gasteiger partial charge in [0.25, 0.3) is 0 Å². The lowest BCUT2D eigenvalue weighted by molar-refractivity contribution is 0.168. The molecule has 0 fully saturated rings. The second-order valence-corrected chi connectivity index (χ2v) is 3.58. The van der Waals surface area contributed by atoms with Crippen LogP contribution in [-0.2, 0) is 0 Å². The first-order valence-corrected chi connectivity index (χ1v) is 4.76. The fourth-order valence-corrected chi connectivity index (χ4v) is 0.985. The lowest BCUT2D eigenvalue weighted by Crippen LogP contribution is -2.38. The van der Waals surface area contributed by atoms with Crippen LogP contribution in [0.15, 0.2) is 18.3 Å². The summed E-state index contributed by atoms with van der Waals surface area (Å²) in [6, 6.07) is 3.20. The van der Waals surface area contributed by atoms with Crippen LogP contribution in [-0.4, -0.2) is 28.8 Å². The molecule has 1 aromatic rings. The summed E-state index contributed by atoms with van der Waals surface area (Å²) in [5.74, 6) is 0.700. The largest absolute Gasteiger partial charge is 0.392 e. The zero-order chi connectivity index (χ0) is 10.6. The van der Waals surface area contributed by atoms with Crippen molar-refractivity contribution in [2.24, 2.45) is 5.73 Å². The number of nitrogens with one attached hydrogen (secondary N) is 1. The maximum Gasteiger partial charge on any atom is 0.126 e. The molecule has 5 heteroatoms. The molecule has 0 saturated heterocycles. The maximum atomic E-state index is 9.14. The highest BCUT2D eigenvalue weighted by molar-refractivity contribution is 6.30. The van der Waals surface area contributed by atoms with Crippen molar-refractivity contribution in [1.82, 2.24) is 4.98 Å². The van der Waals surface area contributed by atoms with Crippen molar-refractivity contribution in [2.75, 3.05) is 11.9 Å². The van der Waals surface area contributed by atoms with Gasteiger partial charge >= 0.3 is 0 Å². The van der Waals surface area contributed by atoms with Crippen LogP contribution in [0.25, 0.3) is 0 Å². The van der Waals surface area contributed by atoms with Crippen LogP contribution in [0.4, 0.5) is 5.82 Å². The number of hydrogen-bond acceptors (Lipinski definition) is 4. The molecule has 0 spiro atoms. The first-order chi connectivity index (χ1) is 6.59. The lowest BCUT2D eigenvalue weighted by Gasteiger charge is -2.15. The first kappa shape index (κ1) is 11.2. The second kappa shape index (κ2) is 5.14. The molecule has 4 N–H and O–H groups in total. The number of rotatable bonds is 4. The van der Waals surface area contributed by atoms with Gasteiger partial charge in [-0.25, -0.2) is 4.98 Å². The first-order valence-electron chi connectivity index (χ1n) is 4.38. The molecule has 0 radical (unpaired) electrons. The molecular weight excluding hydrogens is 202 g/mol. The van der Waals surface area contributed by atoms with Crippen LogP contribution >= 0.6 is 11.6 Å². The zero-order valence-corrected chi connectivity index (χ0v) is 8.70. The molecule has 1 heterocycles. The number of nitrogens with two attached hydrogens (primary N) is 1. The Morgan fingerprint density at radius 2 is 2.36 bits per heavy atom. The Kier molecular flexibility index (Phi) is 4.13. The van der Waals surface area contributed by atoms with E-state index in [0.29, 0.717) is 17.4 Å². The molecule has 0 aromatic carbocycles. The van der Waals surface area contributed by atoms with Gasteiger partial charge in [0.2, 0.25) is 0 Å². The van der Waals surface area contributed by atoms with Gasteiger partial charge in [-0.3, -0.25) is 0 Å². The molecule has 0 aliphatic carbocycles. The van der Waals surface area contributed by atoms with E-state index < -0.39 is 6.10 Å². The van der Waals surface area contributed by atoms with Crippen LogP contribution in [0.3, 0.4) is 0 Å². The number of nitrogens with zero attached hydrogens (tertiary/aromatic N) is 1. The van der Waals surface area contributed by atoms with E-state index in [1.165, 1.54) is 0 Å². The summed E-state index contributed by atoms with van der Waals surface area (Å²) in [5.41, 5.74) is 5.63. The topological polar surface area (TPSA) is 71.2 Å². The Morgan fingerprint density at radius 3 is 2.86 bits per heavy atom. The van der Waals surface area contributed by atoms with E-state index in [0.717, 1.165) is 0 Å². The Hall–Kier alpha value is -0.840. The summed E-state index contributed by atoms with van der Waals surface area (Å²) in [4.78, 5) is 4.03. The van der Waals surface area contributed by atoms with Gasteiger partial charge in [0.05, 0.1) is 11.1 Å². The van der Waals surface area contributed by atoms with E-state index in [4.69, 9.17) is 22.4 Å². The average Bonchev–Trinajstić information content (AvgIpc) is 2.16. The van der Waals surface area contributed by atoms with Crippen LogP contribution in [0.2, 0.25) is 5.02 Å². The number of pyridine rings is 1. The molecule has 0 aliphatic heterocycles. The Bertz CT molecular complexity index is 276. The van der Waals surface area contributed by atoms with E-state index in [1.807, 2.05) is 0 Å². The number of aromatic nitrogens is 1. The molecule has 1 aromatic heterocycles. The number of aliphatic hydroxyl groups excluding tert-OH is 1. The molecule has 4 nitrogen and oxygen atoms in total. The molecule has 2 unspecified atom stereocenters. The van der Waals surface area contributed by atoms with Crippen LogP contribution in [0.1, 0.15) is 6.92 Å². The molecule has 0 bridgehead atoms. The highest BCUT2D eigenvalue weighted by Crippen LogP contribution is 2.09. The number of anilines is 1. The molecule has 0 saturated carbocycles. The number of aliphatic hydroxyl groups is 1. The van der Waals surface area contributed by atoms with Gasteiger partial charge in [-0.2, -0.15) is 0 Å². The summed E-state index contributed by atoms with van der Waals surface area (Å²) in [6.07, 6.45) is 1.02. The van der Waals surface area contributed by atoms with Gasteiger partial charge in [0.15, 0.2) is 0 Å². The van der Waals surface area contributed by atoms with Crippen LogP contribution in [0, 0.1) is 0 Å². The van der Waals surface area contributed by atoms with Crippen molar-refractivity contribution in [3.05, 3.63) is 23.4 Å². The normalized spacial score (nSPS) is 14.9. The highest BCUT2D eigenvalue weighted by Gasteiger charge is 2.08. The Balaban J connectivity index is 2.42. The summed E-state index contributed by atoms with van der Waals surface area (Å²) in [7, 11) is 0.